The maximum atomic E-state index is 11.3. The molecule has 0 saturated carbocycles. The Morgan fingerprint density at radius 2 is 2.36 bits per heavy atom. The van der Waals surface area contributed by atoms with Crippen LogP contribution in [-0.4, -0.2) is 30.5 Å². The first-order valence-electron chi connectivity index (χ1n) is 4.48. The number of aromatic nitrogens is 2. The quantitative estimate of drug-likeness (QED) is 0.698. The van der Waals surface area contributed by atoms with Crippen LogP contribution in [0.15, 0.2) is 16.9 Å². The van der Waals surface area contributed by atoms with Crippen molar-refractivity contribution >= 4 is 0 Å². The number of nitrogens with zero attached hydrogens (tertiary/aromatic N) is 2. The average molecular weight is 197 g/mol. The fourth-order valence-electron chi connectivity index (χ4n) is 1.10. The van der Waals surface area contributed by atoms with Crippen LogP contribution in [0.3, 0.4) is 0 Å². The third-order valence-corrected chi connectivity index (χ3v) is 1.79. The molecule has 0 aliphatic carbocycles. The molecule has 0 fully saturated rings. The molecule has 1 N–H and O–H groups in total. The standard InChI is InChI=1S/C9H15N3O2/c1-10-7-8-3-4-9(13)12(11-8)5-6-14-2/h3-4,10H,5-7H2,1-2H3. The zero-order valence-corrected chi connectivity index (χ0v) is 8.49. The number of nitrogens with one attached hydrogen (secondary N) is 1. The predicted octanol–water partition coefficient (Wildman–Crippen LogP) is -0.391. The summed E-state index contributed by atoms with van der Waals surface area (Å²) in [5.41, 5.74) is 0.755. The van der Waals surface area contributed by atoms with Crippen molar-refractivity contribution in [1.82, 2.24) is 15.1 Å². The summed E-state index contributed by atoms with van der Waals surface area (Å²) in [6.45, 7) is 1.65. The highest BCUT2D eigenvalue weighted by Crippen LogP contribution is 1.89. The molecule has 0 spiro atoms. The number of methoxy groups -OCH3 is 1. The lowest BCUT2D eigenvalue weighted by molar-refractivity contribution is 0.181. The van der Waals surface area contributed by atoms with E-state index in [9.17, 15) is 4.79 Å². The van der Waals surface area contributed by atoms with Crippen LogP contribution in [0.5, 0.6) is 0 Å². The first-order chi connectivity index (χ1) is 6.77. The molecule has 0 saturated heterocycles. The molecule has 1 aromatic heterocycles. The second-order valence-electron chi connectivity index (χ2n) is 2.91. The van der Waals surface area contributed by atoms with E-state index in [2.05, 4.69) is 10.4 Å². The van der Waals surface area contributed by atoms with Gasteiger partial charge in [0.15, 0.2) is 0 Å². The zero-order valence-electron chi connectivity index (χ0n) is 8.49. The number of hydrogen-bond donors (Lipinski definition) is 1. The third kappa shape index (κ3) is 2.93. The van der Waals surface area contributed by atoms with Gasteiger partial charge in [-0.15, -0.1) is 0 Å². The van der Waals surface area contributed by atoms with Crippen molar-refractivity contribution in [3.05, 3.63) is 28.2 Å². The third-order valence-electron chi connectivity index (χ3n) is 1.79. The second-order valence-corrected chi connectivity index (χ2v) is 2.91. The van der Waals surface area contributed by atoms with Gasteiger partial charge in [0.1, 0.15) is 0 Å². The van der Waals surface area contributed by atoms with Crippen molar-refractivity contribution in [1.29, 1.82) is 0 Å². The first-order valence-corrected chi connectivity index (χ1v) is 4.48. The van der Waals surface area contributed by atoms with Crippen LogP contribution in [0.2, 0.25) is 0 Å². The van der Waals surface area contributed by atoms with Gasteiger partial charge in [-0.3, -0.25) is 4.79 Å². The molecule has 0 unspecified atom stereocenters. The van der Waals surface area contributed by atoms with Crippen LogP contribution in [0.25, 0.3) is 0 Å². The van der Waals surface area contributed by atoms with Crippen LogP contribution in [0, 0.1) is 0 Å². The average Bonchev–Trinajstić information content (AvgIpc) is 2.19. The molecule has 0 bridgehead atoms. The fourth-order valence-corrected chi connectivity index (χ4v) is 1.10. The summed E-state index contributed by atoms with van der Waals surface area (Å²) in [5, 5.41) is 7.14. The Balaban J connectivity index is 2.79. The summed E-state index contributed by atoms with van der Waals surface area (Å²) in [5.74, 6) is 0. The van der Waals surface area contributed by atoms with Gasteiger partial charge in [0.25, 0.3) is 5.56 Å². The van der Waals surface area contributed by atoms with Crippen LogP contribution in [-0.2, 0) is 17.8 Å². The Kier molecular flexibility index (Phi) is 4.28. The highest BCUT2D eigenvalue weighted by Gasteiger charge is 1.99. The largest absolute Gasteiger partial charge is 0.383 e. The van der Waals surface area contributed by atoms with Gasteiger partial charge in [-0.1, -0.05) is 0 Å². The lowest BCUT2D eigenvalue weighted by atomic mass is 10.4. The van der Waals surface area contributed by atoms with Gasteiger partial charge in [0, 0.05) is 19.7 Å². The summed E-state index contributed by atoms with van der Waals surface area (Å²) >= 11 is 0. The van der Waals surface area contributed by atoms with Crippen LogP contribution in [0.1, 0.15) is 5.69 Å². The molecular formula is C9H15N3O2. The minimum Gasteiger partial charge on any atom is -0.383 e. The molecule has 0 aliphatic rings. The highest BCUT2D eigenvalue weighted by atomic mass is 16.5. The summed E-state index contributed by atoms with van der Waals surface area (Å²) in [6, 6.07) is 3.25. The fraction of sp³-hybridized carbons (Fsp3) is 0.556. The van der Waals surface area contributed by atoms with Gasteiger partial charge >= 0.3 is 0 Å². The Morgan fingerprint density at radius 3 is 3.00 bits per heavy atom. The zero-order chi connectivity index (χ0) is 10.4. The maximum absolute atomic E-state index is 11.3. The summed E-state index contributed by atoms with van der Waals surface area (Å²) < 4.78 is 6.30. The molecule has 5 nitrogen and oxygen atoms in total. The number of ether oxygens (including phenoxy) is 1. The second kappa shape index (κ2) is 5.51. The van der Waals surface area contributed by atoms with Crippen molar-refractivity contribution in [2.45, 2.75) is 13.1 Å². The van der Waals surface area contributed by atoms with Gasteiger partial charge in [-0.05, 0) is 13.1 Å². The lowest BCUT2D eigenvalue weighted by Crippen LogP contribution is -2.26. The monoisotopic (exact) mass is 197 g/mol. The first kappa shape index (κ1) is 10.9. The topological polar surface area (TPSA) is 56.2 Å². The minimum absolute atomic E-state index is 0.0955. The van der Waals surface area contributed by atoms with E-state index in [1.54, 1.807) is 13.2 Å². The molecule has 0 aliphatic heterocycles. The highest BCUT2D eigenvalue weighted by molar-refractivity contribution is 4.99. The molecule has 1 heterocycles. The van der Waals surface area contributed by atoms with Crippen LogP contribution >= 0.6 is 0 Å². The van der Waals surface area contributed by atoms with E-state index in [1.165, 1.54) is 10.7 Å². The van der Waals surface area contributed by atoms with Gasteiger partial charge < -0.3 is 10.1 Å². The molecular weight excluding hydrogens is 182 g/mol. The van der Waals surface area contributed by atoms with Gasteiger partial charge in [0.2, 0.25) is 0 Å². The minimum atomic E-state index is -0.0955. The van der Waals surface area contributed by atoms with Crippen molar-refractivity contribution in [3.63, 3.8) is 0 Å². The van der Waals surface area contributed by atoms with Crippen molar-refractivity contribution in [3.8, 4) is 0 Å². The molecule has 0 amide bonds. The van der Waals surface area contributed by atoms with E-state index in [1.807, 2.05) is 7.05 Å². The molecule has 78 valence electrons. The summed E-state index contributed by atoms with van der Waals surface area (Å²) in [6.07, 6.45) is 0. The lowest BCUT2D eigenvalue weighted by Gasteiger charge is -2.05. The number of hydrogen-bond acceptors (Lipinski definition) is 4. The normalized spacial score (nSPS) is 10.4. The van der Waals surface area contributed by atoms with Crippen LogP contribution in [0.4, 0.5) is 0 Å². The summed E-state index contributed by atoms with van der Waals surface area (Å²) in [7, 11) is 3.44. The molecule has 14 heavy (non-hydrogen) atoms. The Labute approximate surface area is 82.7 Å². The molecule has 5 heteroatoms. The van der Waals surface area contributed by atoms with E-state index in [0.717, 1.165) is 5.69 Å². The molecule has 0 atom stereocenters. The molecule has 0 aromatic carbocycles. The SMILES string of the molecule is CNCc1ccc(=O)n(CCOC)n1. The van der Waals surface area contributed by atoms with Gasteiger partial charge in [-0.2, -0.15) is 5.10 Å². The van der Waals surface area contributed by atoms with E-state index in [4.69, 9.17) is 4.74 Å². The molecule has 1 rings (SSSR count). The van der Waals surface area contributed by atoms with E-state index < -0.39 is 0 Å². The van der Waals surface area contributed by atoms with E-state index in [0.29, 0.717) is 19.7 Å². The van der Waals surface area contributed by atoms with Gasteiger partial charge in [-0.25, -0.2) is 4.68 Å². The van der Waals surface area contributed by atoms with Crippen molar-refractivity contribution < 1.29 is 4.74 Å². The number of rotatable bonds is 5. The predicted molar refractivity (Wildman–Crippen MR) is 53.1 cm³/mol. The van der Waals surface area contributed by atoms with Crippen molar-refractivity contribution in [2.75, 3.05) is 20.8 Å². The van der Waals surface area contributed by atoms with E-state index >= 15 is 0 Å². The van der Waals surface area contributed by atoms with Gasteiger partial charge in [0.05, 0.1) is 18.8 Å². The smallest absolute Gasteiger partial charge is 0.266 e. The van der Waals surface area contributed by atoms with Crippen molar-refractivity contribution in [2.24, 2.45) is 0 Å². The van der Waals surface area contributed by atoms with E-state index in [-0.39, 0.29) is 5.56 Å². The Morgan fingerprint density at radius 1 is 1.57 bits per heavy atom. The molecule has 1 aromatic rings. The Bertz CT molecular complexity index is 335. The summed E-state index contributed by atoms with van der Waals surface area (Å²) in [4.78, 5) is 11.3. The van der Waals surface area contributed by atoms with Crippen LogP contribution < -0.4 is 10.9 Å². The Hall–Kier alpha value is -1.20. The maximum Gasteiger partial charge on any atom is 0.266 e. The molecule has 0 radical (unpaired) electrons.